The highest BCUT2D eigenvalue weighted by Crippen LogP contribution is 2.28. The Morgan fingerprint density at radius 1 is 1.07 bits per heavy atom. The molecule has 5 nitrogen and oxygen atoms in total. The Kier molecular flexibility index (Phi) is 4.58. The van der Waals surface area contributed by atoms with Crippen LogP contribution in [0.3, 0.4) is 0 Å². The van der Waals surface area contributed by atoms with E-state index in [1.807, 2.05) is 67.6 Å². The second kappa shape index (κ2) is 7.33. The molecule has 1 aromatic heterocycles. The van der Waals surface area contributed by atoms with E-state index in [9.17, 15) is 4.79 Å². The van der Waals surface area contributed by atoms with Gasteiger partial charge in [0.05, 0.1) is 12.8 Å². The van der Waals surface area contributed by atoms with Crippen LogP contribution >= 0.6 is 0 Å². The van der Waals surface area contributed by atoms with Gasteiger partial charge in [-0.25, -0.2) is 5.43 Å². The van der Waals surface area contributed by atoms with Crippen molar-refractivity contribution in [3.8, 4) is 5.75 Å². The predicted octanol–water partition coefficient (Wildman–Crippen LogP) is 4.75. The quantitative estimate of drug-likeness (QED) is 0.414. The highest BCUT2D eigenvalue weighted by atomic mass is 16.5. The molecular weight excluding hydrogens is 340 g/mol. The van der Waals surface area contributed by atoms with Crippen molar-refractivity contribution < 1.29 is 13.9 Å². The summed E-state index contributed by atoms with van der Waals surface area (Å²) in [5.74, 6) is 0.635. The number of hydrogen-bond acceptors (Lipinski definition) is 4. The lowest BCUT2D eigenvalue weighted by Gasteiger charge is -2.02. The molecular formula is C22H18N2O3. The molecule has 1 N–H and O–H groups in total. The molecule has 0 bridgehead atoms. The van der Waals surface area contributed by atoms with Crippen LogP contribution in [0.1, 0.15) is 23.0 Å². The standard InChI is InChI=1S/C22H18N2O3/c1-2-26-17-10-7-15(8-11-17)14-23-24-22(25)21-13-19-18-6-4-3-5-16(18)9-12-20(19)27-21/h3-14H,2H2,1H3,(H,24,25)/b23-14+. The Balaban J connectivity index is 1.50. The third kappa shape index (κ3) is 3.53. The Morgan fingerprint density at radius 2 is 1.89 bits per heavy atom. The maximum Gasteiger partial charge on any atom is 0.307 e. The van der Waals surface area contributed by atoms with Crippen LogP contribution in [0.25, 0.3) is 21.7 Å². The first kappa shape index (κ1) is 16.8. The van der Waals surface area contributed by atoms with Gasteiger partial charge in [-0.05, 0) is 59.7 Å². The number of ether oxygens (including phenoxy) is 1. The minimum atomic E-state index is -0.391. The molecule has 0 fully saturated rings. The second-order valence-corrected chi connectivity index (χ2v) is 6.01. The number of benzene rings is 3. The Bertz CT molecular complexity index is 1130. The number of nitrogens with one attached hydrogen (secondary N) is 1. The van der Waals surface area contributed by atoms with E-state index < -0.39 is 5.91 Å². The molecule has 1 amide bonds. The molecule has 0 radical (unpaired) electrons. The van der Waals surface area contributed by atoms with E-state index in [2.05, 4.69) is 10.5 Å². The van der Waals surface area contributed by atoms with Crippen LogP contribution < -0.4 is 10.2 Å². The highest BCUT2D eigenvalue weighted by Gasteiger charge is 2.13. The van der Waals surface area contributed by atoms with E-state index in [4.69, 9.17) is 9.15 Å². The molecule has 3 aromatic carbocycles. The smallest absolute Gasteiger partial charge is 0.307 e. The summed E-state index contributed by atoms with van der Waals surface area (Å²) in [4.78, 5) is 12.3. The number of fused-ring (bicyclic) bond motifs is 3. The number of carbonyl (C=O) groups is 1. The van der Waals surface area contributed by atoms with E-state index >= 15 is 0 Å². The van der Waals surface area contributed by atoms with Crippen LogP contribution in [0, 0.1) is 0 Å². The minimum absolute atomic E-state index is 0.227. The number of amides is 1. The van der Waals surface area contributed by atoms with Crippen molar-refractivity contribution in [2.45, 2.75) is 6.92 Å². The van der Waals surface area contributed by atoms with Gasteiger partial charge in [-0.15, -0.1) is 0 Å². The monoisotopic (exact) mass is 358 g/mol. The molecule has 0 spiro atoms. The summed E-state index contributed by atoms with van der Waals surface area (Å²) in [5.41, 5.74) is 4.03. The van der Waals surface area contributed by atoms with E-state index in [0.717, 1.165) is 27.5 Å². The van der Waals surface area contributed by atoms with E-state index in [1.165, 1.54) is 0 Å². The molecule has 4 rings (SSSR count). The fourth-order valence-corrected chi connectivity index (χ4v) is 2.94. The molecule has 5 heteroatoms. The van der Waals surface area contributed by atoms with Gasteiger partial charge >= 0.3 is 5.91 Å². The summed E-state index contributed by atoms with van der Waals surface area (Å²) >= 11 is 0. The molecule has 0 atom stereocenters. The molecule has 0 aliphatic rings. The zero-order chi connectivity index (χ0) is 18.6. The minimum Gasteiger partial charge on any atom is -0.494 e. The van der Waals surface area contributed by atoms with Gasteiger partial charge in [0.25, 0.3) is 0 Å². The van der Waals surface area contributed by atoms with E-state index in [-0.39, 0.29) is 5.76 Å². The van der Waals surface area contributed by atoms with Gasteiger partial charge in [0.15, 0.2) is 5.76 Å². The largest absolute Gasteiger partial charge is 0.494 e. The summed E-state index contributed by atoms with van der Waals surface area (Å²) in [6, 6.07) is 21.1. The molecule has 4 aromatic rings. The molecule has 0 saturated carbocycles. The summed E-state index contributed by atoms with van der Waals surface area (Å²) in [5, 5.41) is 7.07. The third-order valence-corrected chi connectivity index (χ3v) is 4.22. The van der Waals surface area contributed by atoms with E-state index in [1.54, 1.807) is 12.3 Å². The normalized spacial score (nSPS) is 11.3. The van der Waals surface area contributed by atoms with Gasteiger partial charge in [0, 0.05) is 5.39 Å². The molecule has 0 aliphatic heterocycles. The van der Waals surface area contributed by atoms with Crippen LogP contribution in [-0.2, 0) is 0 Å². The Morgan fingerprint density at radius 3 is 2.70 bits per heavy atom. The van der Waals surface area contributed by atoms with Gasteiger partial charge in [0.2, 0.25) is 0 Å². The van der Waals surface area contributed by atoms with Crippen LogP contribution in [0.15, 0.2) is 76.2 Å². The number of furan rings is 1. The molecule has 0 unspecified atom stereocenters. The van der Waals surface area contributed by atoms with Gasteiger partial charge in [-0.2, -0.15) is 5.10 Å². The predicted molar refractivity (Wildman–Crippen MR) is 106 cm³/mol. The average molecular weight is 358 g/mol. The van der Waals surface area contributed by atoms with Gasteiger partial charge in [0.1, 0.15) is 11.3 Å². The molecule has 134 valence electrons. The summed E-state index contributed by atoms with van der Waals surface area (Å²) < 4.78 is 11.1. The number of carbonyl (C=O) groups excluding carboxylic acids is 1. The van der Waals surface area contributed by atoms with Gasteiger partial charge in [-0.1, -0.05) is 30.3 Å². The third-order valence-electron chi connectivity index (χ3n) is 4.22. The first-order valence-electron chi connectivity index (χ1n) is 8.72. The first-order valence-corrected chi connectivity index (χ1v) is 8.72. The van der Waals surface area contributed by atoms with E-state index in [0.29, 0.717) is 12.2 Å². The topological polar surface area (TPSA) is 63.8 Å². The van der Waals surface area contributed by atoms with Crippen LogP contribution in [-0.4, -0.2) is 18.7 Å². The lowest BCUT2D eigenvalue weighted by molar-refractivity contribution is 0.0929. The SMILES string of the molecule is CCOc1ccc(/C=N/NC(=O)c2cc3c(ccc4ccccc43)o2)cc1. The number of rotatable bonds is 5. The fraction of sp³-hybridized carbons (Fsp3) is 0.0909. The van der Waals surface area contributed by atoms with Crippen LogP contribution in [0.5, 0.6) is 5.75 Å². The number of nitrogens with zero attached hydrogens (tertiary/aromatic N) is 1. The van der Waals surface area contributed by atoms with Crippen molar-refractivity contribution in [2.75, 3.05) is 6.61 Å². The zero-order valence-electron chi connectivity index (χ0n) is 14.8. The second-order valence-electron chi connectivity index (χ2n) is 6.01. The van der Waals surface area contributed by atoms with Crippen molar-refractivity contribution in [1.29, 1.82) is 0 Å². The van der Waals surface area contributed by atoms with Gasteiger partial charge in [-0.3, -0.25) is 4.79 Å². The average Bonchev–Trinajstić information content (AvgIpc) is 3.14. The van der Waals surface area contributed by atoms with Crippen LogP contribution in [0.2, 0.25) is 0 Å². The summed E-state index contributed by atoms with van der Waals surface area (Å²) in [6.07, 6.45) is 1.58. The lowest BCUT2D eigenvalue weighted by Crippen LogP contribution is -2.16. The Hall–Kier alpha value is -3.60. The number of hydrogen-bond donors (Lipinski definition) is 1. The maximum absolute atomic E-state index is 12.3. The van der Waals surface area contributed by atoms with Crippen molar-refractivity contribution in [3.05, 3.63) is 78.1 Å². The first-order chi connectivity index (χ1) is 13.2. The lowest BCUT2D eigenvalue weighted by atomic mass is 10.1. The zero-order valence-corrected chi connectivity index (χ0v) is 14.8. The molecule has 0 aliphatic carbocycles. The van der Waals surface area contributed by atoms with Crippen molar-refractivity contribution in [2.24, 2.45) is 5.10 Å². The molecule has 0 saturated heterocycles. The van der Waals surface area contributed by atoms with Crippen LogP contribution in [0.4, 0.5) is 0 Å². The van der Waals surface area contributed by atoms with Crippen molar-refractivity contribution >= 4 is 33.9 Å². The molecule has 1 heterocycles. The molecule has 27 heavy (non-hydrogen) atoms. The highest BCUT2D eigenvalue weighted by molar-refractivity contribution is 6.08. The summed E-state index contributed by atoms with van der Waals surface area (Å²) in [6.45, 7) is 2.56. The van der Waals surface area contributed by atoms with Gasteiger partial charge < -0.3 is 9.15 Å². The van der Waals surface area contributed by atoms with Crippen molar-refractivity contribution in [1.82, 2.24) is 5.43 Å². The Labute approximate surface area is 156 Å². The fourth-order valence-electron chi connectivity index (χ4n) is 2.94. The summed E-state index contributed by atoms with van der Waals surface area (Å²) in [7, 11) is 0. The number of hydrazone groups is 1. The maximum atomic E-state index is 12.3. The van der Waals surface area contributed by atoms with Crippen molar-refractivity contribution in [3.63, 3.8) is 0 Å².